The number of anilines is 2. The zero-order valence-electron chi connectivity index (χ0n) is 16.2. The monoisotopic (exact) mass is 404 g/mol. The number of ether oxygens (including phenoxy) is 2. The summed E-state index contributed by atoms with van der Waals surface area (Å²) < 4.78 is 10.8. The Morgan fingerprint density at radius 1 is 0.704 bits per heavy atom. The second kappa shape index (κ2) is 15.3. The van der Waals surface area contributed by atoms with E-state index in [-0.39, 0.29) is 17.4 Å². The Morgan fingerprint density at radius 3 is 1.30 bits per heavy atom. The molecule has 0 amide bonds. The number of benzene rings is 2. The van der Waals surface area contributed by atoms with Crippen molar-refractivity contribution in [3.63, 3.8) is 0 Å². The van der Waals surface area contributed by atoms with Gasteiger partial charge in [0.15, 0.2) is 22.5 Å². The standard InChI is InChI=1S/C17H20N2O2S.C4H10.Al.3H/c1-3-20-15-9-5-13(6-10-15)18-17(22)19-14-7-11-16(12-8-14)21-4-2;1-3-4-2;;;;/h5-12H,3-4H2,1-2H3,(H2,18,19,22);3-4H2,1-2H3;;;;. The highest BCUT2D eigenvalue weighted by Gasteiger charge is 2.00. The summed E-state index contributed by atoms with van der Waals surface area (Å²) in [5.41, 5.74) is 1.82. The van der Waals surface area contributed by atoms with Crippen LogP contribution in [0.3, 0.4) is 0 Å². The Hall–Kier alpha value is -1.74. The minimum absolute atomic E-state index is 0. The van der Waals surface area contributed by atoms with Gasteiger partial charge in [-0.1, -0.05) is 26.7 Å². The molecule has 0 radical (unpaired) electrons. The van der Waals surface area contributed by atoms with Crippen LogP contribution >= 0.6 is 12.2 Å². The Morgan fingerprint density at radius 2 is 1.04 bits per heavy atom. The molecule has 0 heterocycles. The fraction of sp³-hybridized carbons (Fsp3) is 0.381. The van der Waals surface area contributed by atoms with Gasteiger partial charge >= 0.3 is 0 Å². The van der Waals surface area contributed by atoms with Crippen LogP contribution in [0.2, 0.25) is 0 Å². The van der Waals surface area contributed by atoms with Crippen LogP contribution in [-0.4, -0.2) is 35.7 Å². The largest absolute Gasteiger partial charge is 0.494 e. The number of unbranched alkanes of at least 4 members (excludes halogenated alkanes) is 1. The van der Waals surface area contributed by atoms with Crippen LogP contribution in [0, 0.1) is 0 Å². The van der Waals surface area contributed by atoms with E-state index in [1.54, 1.807) is 0 Å². The van der Waals surface area contributed by atoms with Gasteiger partial charge in [0.25, 0.3) is 0 Å². The van der Waals surface area contributed by atoms with Gasteiger partial charge in [0.2, 0.25) is 0 Å². The molecule has 0 aromatic heterocycles. The summed E-state index contributed by atoms with van der Waals surface area (Å²) in [5, 5.41) is 6.80. The van der Waals surface area contributed by atoms with Crippen LogP contribution in [0.1, 0.15) is 40.5 Å². The van der Waals surface area contributed by atoms with E-state index < -0.39 is 0 Å². The fourth-order valence-electron chi connectivity index (χ4n) is 1.90. The van der Waals surface area contributed by atoms with Crippen molar-refractivity contribution in [2.75, 3.05) is 23.8 Å². The lowest BCUT2D eigenvalue weighted by molar-refractivity contribution is 0.340. The summed E-state index contributed by atoms with van der Waals surface area (Å²) in [4.78, 5) is 0. The molecule has 148 valence electrons. The van der Waals surface area contributed by atoms with Crippen LogP contribution in [0.5, 0.6) is 11.5 Å². The zero-order chi connectivity index (χ0) is 19.2. The molecule has 0 aliphatic carbocycles. The van der Waals surface area contributed by atoms with Crippen molar-refractivity contribution in [3.05, 3.63) is 48.5 Å². The lowest BCUT2D eigenvalue weighted by Gasteiger charge is -2.12. The molecule has 27 heavy (non-hydrogen) atoms. The average Bonchev–Trinajstić information content (AvgIpc) is 2.65. The quantitative estimate of drug-likeness (QED) is 0.507. The van der Waals surface area contributed by atoms with E-state index >= 15 is 0 Å². The maximum Gasteiger partial charge on any atom is 0.187 e. The first-order valence-corrected chi connectivity index (χ1v) is 9.57. The van der Waals surface area contributed by atoms with Crippen molar-refractivity contribution in [3.8, 4) is 11.5 Å². The molecule has 0 aliphatic heterocycles. The molecule has 0 spiro atoms. The van der Waals surface area contributed by atoms with E-state index in [1.165, 1.54) is 12.8 Å². The topological polar surface area (TPSA) is 42.5 Å². The van der Waals surface area contributed by atoms with E-state index in [1.807, 2.05) is 62.4 Å². The van der Waals surface area contributed by atoms with E-state index in [0.29, 0.717) is 18.3 Å². The summed E-state index contributed by atoms with van der Waals surface area (Å²) in [7, 11) is 0. The molecule has 0 fully saturated rings. The molecular weight excluding hydrogens is 371 g/mol. The highest BCUT2D eigenvalue weighted by molar-refractivity contribution is 7.80. The van der Waals surface area contributed by atoms with Crippen LogP contribution in [0.25, 0.3) is 0 Å². The van der Waals surface area contributed by atoms with E-state index in [9.17, 15) is 0 Å². The van der Waals surface area contributed by atoms with Crippen LogP contribution < -0.4 is 20.1 Å². The Bertz CT molecular complexity index is 578. The van der Waals surface area contributed by atoms with Gasteiger partial charge in [0.1, 0.15) is 11.5 Å². The Balaban J connectivity index is 0.00000123. The zero-order valence-corrected chi connectivity index (χ0v) is 17.0. The van der Waals surface area contributed by atoms with Crippen LogP contribution in [0.4, 0.5) is 11.4 Å². The fourth-order valence-corrected chi connectivity index (χ4v) is 2.13. The summed E-state index contributed by atoms with van der Waals surface area (Å²) in [6, 6.07) is 15.3. The van der Waals surface area contributed by atoms with Crippen LogP contribution in [-0.2, 0) is 0 Å². The minimum atomic E-state index is 0. The summed E-state index contributed by atoms with van der Waals surface area (Å²) >= 11 is 5.30. The van der Waals surface area contributed by atoms with Gasteiger partial charge in [-0.15, -0.1) is 0 Å². The number of hydrogen-bond donors (Lipinski definition) is 2. The SMILES string of the molecule is CCCC.CCOc1ccc(NC(=S)Nc2ccc(OCC)cc2)cc1.[AlH3]. The normalized spacial score (nSPS) is 9.19. The predicted octanol–water partition coefficient (Wildman–Crippen LogP) is 4.92. The summed E-state index contributed by atoms with van der Waals surface area (Å²) in [6.07, 6.45) is 2.64. The van der Waals surface area contributed by atoms with Crippen LogP contribution in [0.15, 0.2) is 48.5 Å². The maximum atomic E-state index is 5.40. The van der Waals surface area contributed by atoms with Crippen molar-refractivity contribution < 1.29 is 9.47 Å². The van der Waals surface area contributed by atoms with Gasteiger partial charge in [-0.05, 0) is 74.6 Å². The second-order valence-corrected chi connectivity index (χ2v) is 5.90. The van der Waals surface area contributed by atoms with Gasteiger partial charge in [0.05, 0.1) is 13.2 Å². The Labute approximate surface area is 179 Å². The molecule has 0 saturated heterocycles. The molecule has 0 atom stereocenters. The molecular formula is C21H33AlN2O2S. The first kappa shape index (κ1) is 25.3. The number of hydrogen-bond acceptors (Lipinski definition) is 3. The summed E-state index contributed by atoms with van der Waals surface area (Å²) in [5.74, 6) is 1.69. The molecule has 2 aromatic rings. The number of thiocarbonyl (C=S) groups is 1. The third-order valence-corrected chi connectivity index (χ3v) is 3.55. The summed E-state index contributed by atoms with van der Waals surface area (Å²) in [6.45, 7) is 9.60. The van der Waals surface area contributed by atoms with Gasteiger partial charge in [-0.25, -0.2) is 0 Å². The number of rotatable bonds is 7. The van der Waals surface area contributed by atoms with Gasteiger partial charge in [-0.3, -0.25) is 0 Å². The first-order chi connectivity index (χ1) is 12.6. The van der Waals surface area contributed by atoms with Gasteiger partial charge < -0.3 is 20.1 Å². The third kappa shape index (κ3) is 10.9. The second-order valence-electron chi connectivity index (χ2n) is 5.49. The highest BCUT2D eigenvalue weighted by Crippen LogP contribution is 2.18. The van der Waals surface area contributed by atoms with Gasteiger partial charge in [-0.2, -0.15) is 0 Å². The molecule has 6 heteroatoms. The minimum Gasteiger partial charge on any atom is -0.494 e. The Kier molecular flexibility index (Phi) is 14.3. The molecule has 4 nitrogen and oxygen atoms in total. The molecule has 0 unspecified atom stereocenters. The van der Waals surface area contributed by atoms with E-state index in [2.05, 4.69) is 24.5 Å². The molecule has 0 aliphatic rings. The average molecular weight is 405 g/mol. The van der Waals surface area contributed by atoms with E-state index in [4.69, 9.17) is 21.7 Å². The first-order valence-electron chi connectivity index (χ1n) is 9.16. The van der Waals surface area contributed by atoms with E-state index in [0.717, 1.165) is 22.9 Å². The van der Waals surface area contributed by atoms with Crippen molar-refractivity contribution in [1.29, 1.82) is 0 Å². The molecule has 2 N–H and O–H groups in total. The lowest BCUT2D eigenvalue weighted by atomic mass is 10.3. The molecule has 2 rings (SSSR count). The van der Waals surface area contributed by atoms with Crippen molar-refractivity contribution in [2.45, 2.75) is 40.5 Å². The van der Waals surface area contributed by atoms with Gasteiger partial charge in [0, 0.05) is 11.4 Å². The smallest absolute Gasteiger partial charge is 0.187 e. The lowest BCUT2D eigenvalue weighted by Crippen LogP contribution is -2.18. The molecule has 0 bridgehead atoms. The van der Waals surface area contributed by atoms with Crippen molar-refractivity contribution in [2.24, 2.45) is 0 Å². The highest BCUT2D eigenvalue weighted by atomic mass is 32.1. The number of nitrogens with one attached hydrogen (secondary N) is 2. The molecule has 0 saturated carbocycles. The maximum absolute atomic E-state index is 5.40. The third-order valence-electron chi connectivity index (χ3n) is 3.35. The van der Waals surface area contributed by atoms with Crippen molar-refractivity contribution in [1.82, 2.24) is 0 Å². The van der Waals surface area contributed by atoms with Crippen molar-refractivity contribution >= 4 is 46.1 Å². The predicted molar refractivity (Wildman–Crippen MR) is 126 cm³/mol. The molecule has 2 aromatic carbocycles.